The molecule has 100 valence electrons. The van der Waals surface area contributed by atoms with Crippen LogP contribution in [-0.4, -0.2) is 27.9 Å². The van der Waals surface area contributed by atoms with Gasteiger partial charge in [-0.15, -0.1) is 0 Å². The van der Waals surface area contributed by atoms with Crippen molar-refractivity contribution in [2.24, 2.45) is 5.92 Å². The van der Waals surface area contributed by atoms with Gasteiger partial charge in [-0.25, -0.2) is 4.98 Å². The Labute approximate surface area is 114 Å². The first-order chi connectivity index (χ1) is 9.33. The largest absolute Gasteiger partial charge is 0.303 e. The lowest BCUT2D eigenvalue weighted by Gasteiger charge is -2.24. The van der Waals surface area contributed by atoms with Gasteiger partial charge in [-0.1, -0.05) is 18.2 Å². The second-order valence-corrected chi connectivity index (χ2v) is 5.53. The average molecular weight is 255 g/mol. The minimum atomic E-state index is 0.814. The molecule has 0 radical (unpaired) electrons. The van der Waals surface area contributed by atoms with Crippen molar-refractivity contribution in [3.63, 3.8) is 0 Å². The molecule has 0 aromatic carbocycles. The summed E-state index contributed by atoms with van der Waals surface area (Å²) >= 11 is 0. The third kappa shape index (κ3) is 2.87. The predicted molar refractivity (Wildman–Crippen MR) is 78.0 cm³/mol. The lowest BCUT2D eigenvalue weighted by atomic mass is 9.94. The van der Waals surface area contributed by atoms with Gasteiger partial charge in [0.1, 0.15) is 5.65 Å². The lowest BCUT2D eigenvalue weighted by molar-refractivity contribution is 0.255. The number of rotatable bonds is 4. The number of allylic oxidation sites excluding steroid dienone is 2. The molecule has 3 nitrogen and oxygen atoms in total. The third-order valence-electron chi connectivity index (χ3n) is 3.87. The van der Waals surface area contributed by atoms with Gasteiger partial charge in [0.2, 0.25) is 0 Å². The summed E-state index contributed by atoms with van der Waals surface area (Å²) in [5.41, 5.74) is 2.30. The van der Waals surface area contributed by atoms with E-state index in [0.717, 1.165) is 18.1 Å². The Morgan fingerprint density at radius 1 is 1.37 bits per heavy atom. The fraction of sp³-hybridized carbons (Fsp3) is 0.438. The highest BCUT2D eigenvalue weighted by molar-refractivity contribution is 5.39. The molecule has 0 amide bonds. The molecule has 3 heteroatoms. The molecule has 1 atom stereocenters. The van der Waals surface area contributed by atoms with Crippen LogP contribution < -0.4 is 0 Å². The topological polar surface area (TPSA) is 20.5 Å². The first-order valence-electron chi connectivity index (χ1n) is 7.07. The molecule has 2 aromatic rings. The quantitative estimate of drug-likeness (QED) is 0.782. The van der Waals surface area contributed by atoms with E-state index in [2.05, 4.69) is 51.8 Å². The summed E-state index contributed by atoms with van der Waals surface area (Å²) in [7, 11) is 2.21. The van der Waals surface area contributed by atoms with Crippen molar-refractivity contribution >= 4 is 5.65 Å². The molecule has 0 bridgehead atoms. The first-order valence-corrected chi connectivity index (χ1v) is 7.07. The Hall–Kier alpha value is -1.61. The van der Waals surface area contributed by atoms with Crippen LogP contribution in [0.15, 0.2) is 42.7 Å². The van der Waals surface area contributed by atoms with Crippen molar-refractivity contribution in [3.8, 4) is 0 Å². The number of nitrogens with zero attached hydrogens (tertiary/aromatic N) is 3. The predicted octanol–water partition coefficient (Wildman–Crippen LogP) is 3.12. The van der Waals surface area contributed by atoms with E-state index < -0.39 is 0 Å². The maximum atomic E-state index is 4.44. The maximum Gasteiger partial charge on any atom is 0.136 e. The molecule has 1 aliphatic carbocycles. The minimum absolute atomic E-state index is 0.814. The fourth-order valence-electron chi connectivity index (χ4n) is 2.91. The van der Waals surface area contributed by atoms with E-state index >= 15 is 0 Å². The van der Waals surface area contributed by atoms with Crippen LogP contribution in [0.3, 0.4) is 0 Å². The first kappa shape index (κ1) is 12.4. The molecule has 1 aliphatic rings. The average Bonchev–Trinajstić information content (AvgIpc) is 2.83. The minimum Gasteiger partial charge on any atom is -0.303 e. The van der Waals surface area contributed by atoms with E-state index in [4.69, 9.17) is 0 Å². The highest BCUT2D eigenvalue weighted by Gasteiger charge is 2.13. The monoisotopic (exact) mass is 255 g/mol. The number of hydrogen-bond acceptors (Lipinski definition) is 2. The van der Waals surface area contributed by atoms with Gasteiger partial charge in [0, 0.05) is 19.3 Å². The molecular formula is C16H21N3. The molecule has 19 heavy (non-hydrogen) atoms. The van der Waals surface area contributed by atoms with Crippen molar-refractivity contribution in [2.75, 3.05) is 13.6 Å². The zero-order valence-electron chi connectivity index (χ0n) is 11.5. The van der Waals surface area contributed by atoms with E-state index in [1.54, 1.807) is 0 Å². The third-order valence-corrected chi connectivity index (χ3v) is 3.87. The molecule has 0 unspecified atom stereocenters. The Morgan fingerprint density at radius 2 is 2.32 bits per heavy atom. The standard InChI is InChI=1S/C16H21N3/c1-18(12-14-7-3-2-4-8-14)13-15-11-17-16-9-5-6-10-19(15)16/h2-3,5-6,9-11,14H,4,7-8,12-13H2,1H3/t14-/m1/s1. The maximum absolute atomic E-state index is 4.44. The Kier molecular flexibility index (Phi) is 3.65. The van der Waals surface area contributed by atoms with E-state index in [1.165, 1.54) is 31.5 Å². The van der Waals surface area contributed by atoms with E-state index in [-0.39, 0.29) is 0 Å². The van der Waals surface area contributed by atoms with Crippen molar-refractivity contribution in [1.82, 2.24) is 14.3 Å². The summed E-state index contributed by atoms with van der Waals surface area (Å²) in [6.45, 7) is 2.13. The summed E-state index contributed by atoms with van der Waals surface area (Å²) in [6, 6.07) is 6.14. The van der Waals surface area contributed by atoms with E-state index in [1.807, 2.05) is 12.3 Å². The van der Waals surface area contributed by atoms with Gasteiger partial charge < -0.3 is 9.30 Å². The number of fused-ring (bicyclic) bond motifs is 1. The summed E-state index contributed by atoms with van der Waals surface area (Å²) < 4.78 is 2.18. The van der Waals surface area contributed by atoms with Crippen LogP contribution in [0.25, 0.3) is 5.65 Å². The molecule has 0 saturated carbocycles. The summed E-state index contributed by atoms with van der Waals surface area (Å²) in [4.78, 5) is 6.86. The molecule has 3 rings (SSSR count). The molecule has 0 fully saturated rings. The van der Waals surface area contributed by atoms with E-state index in [9.17, 15) is 0 Å². The normalized spacial score (nSPS) is 19.4. The Morgan fingerprint density at radius 3 is 3.16 bits per heavy atom. The fourth-order valence-corrected chi connectivity index (χ4v) is 2.91. The summed E-state index contributed by atoms with van der Waals surface area (Å²) in [5, 5.41) is 0. The van der Waals surface area contributed by atoms with Crippen LogP contribution in [0.5, 0.6) is 0 Å². The number of pyridine rings is 1. The van der Waals surface area contributed by atoms with Crippen LogP contribution in [0.2, 0.25) is 0 Å². The van der Waals surface area contributed by atoms with Crippen LogP contribution >= 0.6 is 0 Å². The van der Waals surface area contributed by atoms with Crippen LogP contribution in [0.4, 0.5) is 0 Å². The Bertz CT molecular complexity index is 570. The lowest BCUT2D eigenvalue weighted by Crippen LogP contribution is -2.26. The number of hydrogen-bond donors (Lipinski definition) is 0. The van der Waals surface area contributed by atoms with Crippen molar-refractivity contribution in [3.05, 3.63) is 48.4 Å². The molecule has 0 spiro atoms. The Balaban J connectivity index is 1.65. The van der Waals surface area contributed by atoms with E-state index in [0.29, 0.717) is 0 Å². The molecule has 0 aliphatic heterocycles. The van der Waals surface area contributed by atoms with Gasteiger partial charge >= 0.3 is 0 Å². The summed E-state index contributed by atoms with van der Waals surface area (Å²) in [6.07, 6.45) is 12.5. The van der Waals surface area contributed by atoms with Gasteiger partial charge in [0.05, 0.1) is 11.9 Å². The van der Waals surface area contributed by atoms with Gasteiger partial charge in [-0.2, -0.15) is 0 Å². The van der Waals surface area contributed by atoms with Crippen molar-refractivity contribution in [2.45, 2.75) is 25.8 Å². The van der Waals surface area contributed by atoms with Crippen molar-refractivity contribution < 1.29 is 0 Å². The van der Waals surface area contributed by atoms with Crippen LogP contribution in [0, 0.1) is 5.92 Å². The molecule has 0 saturated heterocycles. The number of aromatic nitrogens is 2. The molecule has 2 heterocycles. The zero-order chi connectivity index (χ0) is 13.1. The molecular weight excluding hydrogens is 234 g/mol. The highest BCUT2D eigenvalue weighted by atomic mass is 15.1. The number of imidazole rings is 1. The van der Waals surface area contributed by atoms with Gasteiger partial charge in [-0.05, 0) is 44.4 Å². The van der Waals surface area contributed by atoms with Gasteiger partial charge in [0.15, 0.2) is 0 Å². The second kappa shape index (κ2) is 5.57. The second-order valence-electron chi connectivity index (χ2n) is 5.53. The zero-order valence-corrected chi connectivity index (χ0v) is 11.5. The van der Waals surface area contributed by atoms with Crippen LogP contribution in [0.1, 0.15) is 25.0 Å². The molecule has 0 N–H and O–H groups in total. The summed E-state index contributed by atoms with van der Waals surface area (Å²) in [5.74, 6) is 0.814. The van der Waals surface area contributed by atoms with Gasteiger partial charge in [-0.3, -0.25) is 0 Å². The molecule has 2 aromatic heterocycles. The van der Waals surface area contributed by atoms with Gasteiger partial charge in [0.25, 0.3) is 0 Å². The SMILES string of the molecule is CN(Cc1cnc2ccccn12)C[C@@H]1CC=CCC1. The smallest absolute Gasteiger partial charge is 0.136 e. The highest BCUT2D eigenvalue weighted by Crippen LogP contribution is 2.19. The van der Waals surface area contributed by atoms with Crippen LogP contribution in [-0.2, 0) is 6.54 Å². The van der Waals surface area contributed by atoms with Crippen molar-refractivity contribution in [1.29, 1.82) is 0 Å².